The average Bonchev–Trinajstić information content (AvgIpc) is 2.47. The van der Waals surface area contributed by atoms with Gasteiger partial charge in [-0.1, -0.05) is 12.1 Å². The highest BCUT2D eigenvalue weighted by atomic mass is 35.5. The second kappa shape index (κ2) is 6.87. The predicted molar refractivity (Wildman–Crippen MR) is 78.5 cm³/mol. The molecule has 0 bridgehead atoms. The number of carboxylic acids is 1. The Bertz CT molecular complexity index is 537. The summed E-state index contributed by atoms with van der Waals surface area (Å²) in [6, 6.07) is 6.26. The van der Waals surface area contributed by atoms with Gasteiger partial charge in [-0.25, -0.2) is 0 Å². The summed E-state index contributed by atoms with van der Waals surface area (Å²) in [5.74, 6) is -1.13. The van der Waals surface area contributed by atoms with Gasteiger partial charge in [-0.05, 0) is 24.9 Å². The van der Waals surface area contributed by atoms with Crippen molar-refractivity contribution in [2.24, 2.45) is 5.92 Å². The minimum atomic E-state index is -0.777. The lowest BCUT2D eigenvalue weighted by Gasteiger charge is -2.31. The zero-order chi connectivity index (χ0) is 15.4. The number of likely N-dealkylation sites (tertiary alicyclic amines) is 1. The van der Waals surface area contributed by atoms with E-state index in [1.54, 1.807) is 12.1 Å². The first-order valence-corrected chi connectivity index (χ1v) is 7.24. The van der Waals surface area contributed by atoms with Gasteiger partial charge in [-0.15, -0.1) is 11.6 Å². The minimum absolute atomic E-state index is 0.0141. The Hall–Kier alpha value is -1.66. The number of piperidine rings is 1. The van der Waals surface area contributed by atoms with Crippen LogP contribution in [-0.4, -0.2) is 40.5 Å². The number of halogens is 1. The topological polar surface area (TPSA) is 83.7 Å². The fraction of sp³-hybridized carbons (Fsp3) is 0.500. The number of alkyl halides is 1. The van der Waals surface area contributed by atoms with Crippen molar-refractivity contribution in [3.63, 3.8) is 0 Å². The Morgan fingerprint density at radius 2 is 2.33 bits per heavy atom. The van der Waals surface area contributed by atoms with Gasteiger partial charge >= 0.3 is 5.97 Å². The molecule has 1 heterocycles. The third kappa shape index (κ3) is 4.15. The van der Waals surface area contributed by atoms with E-state index in [9.17, 15) is 14.9 Å². The van der Waals surface area contributed by atoms with Crippen molar-refractivity contribution >= 4 is 23.3 Å². The maximum Gasteiger partial charge on any atom is 0.307 e. The molecule has 0 spiro atoms. The molecule has 21 heavy (non-hydrogen) atoms. The third-order valence-corrected chi connectivity index (χ3v) is 4.11. The summed E-state index contributed by atoms with van der Waals surface area (Å²) in [7, 11) is 0. The van der Waals surface area contributed by atoms with E-state index < -0.39 is 16.3 Å². The third-order valence-electron chi connectivity index (χ3n) is 3.72. The fourth-order valence-corrected chi connectivity index (χ4v) is 2.92. The smallest absolute Gasteiger partial charge is 0.307 e. The van der Waals surface area contributed by atoms with Crippen molar-refractivity contribution in [3.8, 4) is 0 Å². The molecule has 0 aromatic heterocycles. The van der Waals surface area contributed by atoms with Crippen LogP contribution in [-0.2, 0) is 4.79 Å². The SMILES string of the molecule is O=C(O)C1CCCN(CC(Cl)c2cccc([N+](=O)[O-])c2)C1. The lowest BCUT2D eigenvalue weighted by molar-refractivity contribution is -0.384. The van der Waals surface area contributed by atoms with Crippen LogP contribution >= 0.6 is 11.6 Å². The quantitative estimate of drug-likeness (QED) is 0.513. The summed E-state index contributed by atoms with van der Waals surface area (Å²) in [5, 5.41) is 19.4. The Balaban J connectivity index is 2.00. The van der Waals surface area contributed by atoms with Crippen LogP contribution in [0.15, 0.2) is 24.3 Å². The Morgan fingerprint density at radius 3 is 3.00 bits per heavy atom. The summed E-state index contributed by atoms with van der Waals surface area (Å²) >= 11 is 6.33. The molecule has 0 aliphatic carbocycles. The molecule has 2 atom stereocenters. The van der Waals surface area contributed by atoms with Crippen LogP contribution in [0.4, 0.5) is 5.69 Å². The first kappa shape index (κ1) is 15.7. The van der Waals surface area contributed by atoms with Crippen molar-refractivity contribution in [1.82, 2.24) is 4.90 Å². The van der Waals surface area contributed by atoms with E-state index in [0.717, 1.165) is 13.0 Å². The van der Waals surface area contributed by atoms with Crippen LogP contribution in [0.3, 0.4) is 0 Å². The van der Waals surface area contributed by atoms with E-state index in [1.165, 1.54) is 12.1 Å². The van der Waals surface area contributed by atoms with Gasteiger partial charge in [0.15, 0.2) is 0 Å². The minimum Gasteiger partial charge on any atom is -0.481 e. The zero-order valence-corrected chi connectivity index (χ0v) is 12.2. The number of nitro benzene ring substituents is 1. The number of nitrogens with zero attached hydrogens (tertiary/aromatic N) is 2. The van der Waals surface area contributed by atoms with Crippen LogP contribution in [0, 0.1) is 16.0 Å². The molecule has 2 rings (SSSR count). The average molecular weight is 313 g/mol. The van der Waals surface area contributed by atoms with E-state index >= 15 is 0 Å². The summed E-state index contributed by atoms with van der Waals surface area (Å²) < 4.78 is 0. The van der Waals surface area contributed by atoms with Crippen molar-refractivity contribution < 1.29 is 14.8 Å². The number of carboxylic acid groups (broad SMARTS) is 1. The van der Waals surface area contributed by atoms with Gasteiger partial charge in [0.05, 0.1) is 16.2 Å². The van der Waals surface area contributed by atoms with E-state index in [1.807, 2.05) is 4.90 Å². The number of hydrogen-bond acceptors (Lipinski definition) is 4. The molecule has 1 saturated heterocycles. The molecular weight excluding hydrogens is 296 g/mol. The summed E-state index contributed by atoms with van der Waals surface area (Å²) in [6.07, 6.45) is 1.52. The lowest BCUT2D eigenvalue weighted by atomic mass is 9.98. The second-order valence-corrected chi connectivity index (χ2v) is 5.78. The lowest BCUT2D eigenvalue weighted by Crippen LogP contribution is -2.40. The van der Waals surface area contributed by atoms with Gasteiger partial charge in [0.25, 0.3) is 5.69 Å². The highest BCUT2D eigenvalue weighted by Crippen LogP contribution is 2.27. The van der Waals surface area contributed by atoms with Crippen LogP contribution < -0.4 is 0 Å². The zero-order valence-electron chi connectivity index (χ0n) is 11.4. The van der Waals surface area contributed by atoms with Gasteiger partial charge in [-0.2, -0.15) is 0 Å². The van der Waals surface area contributed by atoms with Gasteiger partial charge in [0, 0.05) is 25.2 Å². The first-order valence-electron chi connectivity index (χ1n) is 6.81. The van der Waals surface area contributed by atoms with Gasteiger partial charge < -0.3 is 10.0 Å². The molecule has 0 amide bonds. The molecule has 1 aliphatic rings. The normalized spacial score (nSPS) is 20.9. The molecule has 2 unspecified atom stereocenters. The first-order chi connectivity index (χ1) is 9.97. The summed E-state index contributed by atoms with van der Waals surface area (Å²) in [4.78, 5) is 23.4. The second-order valence-electron chi connectivity index (χ2n) is 5.26. The largest absolute Gasteiger partial charge is 0.481 e. The van der Waals surface area contributed by atoms with E-state index in [-0.39, 0.29) is 11.6 Å². The standard InChI is InChI=1S/C14H17ClN2O4/c15-13(10-3-1-5-12(7-10)17(20)21)9-16-6-2-4-11(8-16)14(18)19/h1,3,5,7,11,13H,2,4,6,8-9H2,(H,18,19). The van der Waals surface area contributed by atoms with Gasteiger partial charge in [-0.3, -0.25) is 14.9 Å². The van der Waals surface area contributed by atoms with Crippen molar-refractivity contribution in [3.05, 3.63) is 39.9 Å². The number of aliphatic carboxylic acids is 1. The van der Waals surface area contributed by atoms with E-state index in [0.29, 0.717) is 25.1 Å². The molecule has 7 heteroatoms. The molecule has 0 radical (unpaired) electrons. The van der Waals surface area contributed by atoms with Crippen molar-refractivity contribution in [2.75, 3.05) is 19.6 Å². The number of benzene rings is 1. The maximum absolute atomic E-state index is 11.0. The Kier molecular flexibility index (Phi) is 5.14. The van der Waals surface area contributed by atoms with Gasteiger partial charge in [0.1, 0.15) is 0 Å². The number of nitro groups is 1. The molecule has 6 nitrogen and oxygen atoms in total. The number of carbonyl (C=O) groups is 1. The molecule has 114 valence electrons. The van der Waals surface area contributed by atoms with E-state index in [2.05, 4.69) is 0 Å². The molecule has 1 fully saturated rings. The maximum atomic E-state index is 11.0. The molecule has 1 N–H and O–H groups in total. The molecule has 1 aliphatic heterocycles. The molecule has 1 aromatic carbocycles. The fourth-order valence-electron chi connectivity index (χ4n) is 2.59. The Labute approximate surface area is 127 Å². The number of rotatable bonds is 5. The van der Waals surface area contributed by atoms with Crippen LogP contribution in [0.25, 0.3) is 0 Å². The van der Waals surface area contributed by atoms with Crippen LogP contribution in [0.2, 0.25) is 0 Å². The summed E-state index contributed by atoms with van der Waals surface area (Å²) in [6.45, 7) is 1.78. The number of hydrogen-bond donors (Lipinski definition) is 1. The van der Waals surface area contributed by atoms with Crippen molar-refractivity contribution in [1.29, 1.82) is 0 Å². The van der Waals surface area contributed by atoms with Crippen LogP contribution in [0.1, 0.15) is 23.8 Å². The number of non-ortho nitro benzene ring substituents is 1. The van der Waals surface area contributed by atoms with Gasteiger partial charge in [0.2, 0.25) is 0 Å². The molecular formula is C14H17ClN2O4. The highest BCUT2D eigenvalue weighted by molar-refractivity contribution is 6.21. The van der Waals surface area contributed by atoms with Crippen molar-refractivity contribution in [2.45, 2.75) is 18.2 Å². The molecule has 0 saturated carbocycles. The Morgan fingerprint density at radius 1 is 1.57 bits per heavy atom. The summed E-state index contributed by atoms with van der Waals surface area (Å²) in [5.41, 5.74) is 0.698. The highest BCUT2D eigenvalue weighted by Gasteiger charge is 2.27. The van der Waals surface area contributed by atoms with Crippen LogP contribution in [0.5, 0.6) is 0 Å². The predicted octanol–water partition coefficient (Wildman–Crippen LogP) is 2.67. The van der Waals surface area contributed by atoms with E-state index in [4.69, 9.17) is 16.7 Å². The monoisotopic (exact) mass is 312 g/mol. The molecule has 1 aromatic rings.